The first-order valence-electron chi connectivity index (χ1n) is 11.2. The van der Waals surface area contributed by atoms with Gasteiger partial charge < -0.3 is 16.4 Å². The van der Waals surface area contributed by atoms with Gasteiger partial charge in [0, 0.05) is 42.9 Å². The van der Waals surface area contributed by atoms with E-state index in [1.807, 2.05) is 0 Å². The first-order chi connectivity index (χ1) is 15.2. The lowest BCUT2D eigenvalue weighted by atomic mass is 9.99. The summed E-state index contributed by atoms with van der Waals surface area (Å²) >= 11 is 6.30. The van der Waals surface area contributed by atoms with Gasteiger partial charge in [0.25, 0.3) is 16.1 Å². The standard InChI is InChI=1S/C21H28ClN5O4S/c22-18-11-19-12(8-20(28)25-19)7-17(18)21(29)24-14-9-15-1-2-16(10-14)27(15)32(30,31)26-5-3-13(23)4-6-26/h7,11,13-16H,1-6,8-10,23H2,(H,24,29)(H,25,28)/t14-,15-,16+. The quantitative estimate of drug-likeness (QED) is 0.596. The monoisotopic (exact) mass is 481 g/mol. The molecule has 9 nitrogen and oxygen atoms in total. The molecule has 4 aliphatic heterocycles. The molecule has 4 aliphatic rings. The van der Waals surface area contributed by atoms with Crippen LogP contribution >= 0.6 is 11.6 Å². The second-order valence-electron chi connectivity index (χ2n) is 9.32. The molecule has 2 amide bonds. The highest BCUT2D eigenvalue weighted by molar-refractivity contribution is 7.86. The van der Waals surface area contributed by atoms with Gasteiger partial charge in [0.15, 0.2) is 0 Å². The van der Waals surface area contributed by atoms with E-state index in [1.165, 1.54) is 0 Å². The van der Waals surface area contributed by atoms with Gasteiger partial charge in [-0.15, -0.1) is 0 Å². The topological polar surface area (TPSA) is 125 Å². The molecule has 0 unspecified atom stereocenters. The van der Waals surface area contributed by atoms with E-state index in [0.717, 1.165) is 18.4 Å². The molecule has 0 aliphatic carbocycles. The summed E-state index contributed by atoms with van der Waals surface area (Å²) in [7, 11) is -3.53. The number of anilines is 1. The number of nitrogens with one attached hydrogen (secondary N) is 2. The Labute approximate surface area is 192 Å². The van der Waals surface area contributed by atoms with Crippen molar-refractivity contribution in [3.05, 3.63) is 28.3 Å². The van der Waals surface area contributed by atoms with Crippen LogP contribution in [0.25, 0.3) is 0 Å². The maximum Gasteiger partial charge on any atom is 0.282 e. The van der Waals surface area contributed by atoms with Crippen molar-refractivity contribution in [2.75, 3.05) is 18.4 Å². The van der Waals surface area contributed by atoms with E-state index in [1.54, 1.807) is 20.7 Å². The number of rotatable bonds is 4. The molecule has 2 bridgehead atoms. The van der Waals surface area contributed by atoms with Gasteiger partial charge in [-0.2, -0.15) is 17.0 Å². The van der Waals surface area contributed by atoms with E-state index in [-0.39, 0.29) is 47.4 Å². The number of benzene rings is 1. The normalized spacial score (nSPS) is 29.1. The van der Waals surface area contributed by atoms with Crippen molar-refractivity contribution in [3.8, 4) is 0 Å². The maximum absolute atomic E-state index is 13.3. The number of hydrogen-bond acceptors (Lipinski definition) is 5. The van der Waals surface area contributed by atoms with Gasteiger partial charge in [-0.05, 0) is 56.2 Å². The second-order valence-corrected chi connectivity index (χ2v) is 11.6. The summed E-state index contributed by atoms with van der Waals surface area (Å²) in [6.07, 6.45) is 4.37. The molecule has 5 rings (SSSR count). The van der Waals surface area contributed by atoms with Crippen LogP contribution < -0.4 is 16.4 Å². The zero-order valence-electron chi connectivity index (χ0n) is 17.7. The van der Waals surface area contributed by atoms with Gasteiger partial charge in [0.05, 0.1) is 17.0 Å². The van der Waals surface area contributed by atoms with Crippen LogP contribution in [0.1, 0.15) is 54.4 Å². The lowest BCUT2D eigenvalue weighted by Crippen LogP contribution is -2.57. The van der Waals surface area contributed by atoms with Crippen LogP contribution in [0.3, 0.4) is 0 Å². The summed E-state index contributed by atoms with van der Waals surface area (Å²) in [4.78, 5) is 24.6. The first kappa shape index (κ1) is 22.1. The fourth-order valence-electron chi connectivity index (χ4n) is 5.55. The minimum Gasteiger partial charge on any atom is -0.349 e. The molecule has 3 fully saturated rings. The summed E-state index contributed by atoms with van der Waals surface area (Å²) in [5, 5.41) is 6.07. The fraction of sp³-hybridized carbons (Fsp3) is 0.619. The lowest BCUT2D eigenvalue weighted by Gasteiger charge is -2.41. The molecule has 3 saturated heterocycles. The van der Waals surface area contributed by atoms with E-state index in [9.17, 15) is 18.0 Å². The molecule has 174 valence electrons. The first-order valence-corrected chi connectivity index (χ1v) is 13.0. The largest absolute Gasteiger partial charge is 0.349 e. The van der Waals surface area contributed by atoms with Gasteiger partial charge in [0.2, 0.25) is 5.91 Å². The molecule has 0 radical (unpaired) electrons. The predicted octanol–water partition coefficient (Wildman–Crippen LogP) is 1.23. The smallest absolute Gasteiger partial charge is 0.282 e. The minimum atomic E-state index is -3.53. The van der Waals surface area contributed by atoms with E-state index in [0.29, 0.717) is 50.0 Å². The van der Waals surface area contributed by atoms with Crippen LogP contribution in [0.4, 0.5) is 5.69 Å². The van der Waals surface area contributed by atoms with Crippen molar-refractivity contribution in [2.45, 2.75) is 69.1 Å². The average molecular weight is 482 g/mol. The number of carbonyl (C=O) groups is 2. The molecule has 1 aromatic rings. The number of fused-ring (bicyclic) bond motifs is 3. The minimum absolute atomic E-state index is 0.0686. The summed E-state index contributed by atoms with van der Waals surface area (Å²) in [6.45, 7) is 0.932. The van der Waals surface area contributed by atoms with Crippen molar-refractivity contribution < 1.29 is 18.0 Å². The molecule has 0 saturated carbocycles. The molecule has 32 heavy (non-hydrogen) atoms. The molecule has 3 atom stereocenters. The molecule has 11 heteroatoms. The van der Waals surface area contributed by atoms with Crippen molar-refractivity contribution in [2.24, 2.45) is 5.73 Å². The van der Waals surface area contributed by atoms with Crippen LogP contribution in [0, 0.1) is 0 Å². The van der Waals surface area contributed by atoms with Gasteiger partial charge in [0.1, 0.15) is 0 Å². The van der Waals surface area contributed by atoms with Crippen LogP contribution in [0.5, 0.6) is 0 Å². The van der Waals surface area contributed by atoms with Crippen molar-refractivity contribution >= 4 is 39.3 Å². The number of piperidine rings is 2. The van der Waals surface area contributed by atoms with Gasteiger partial charge in [-0.25, -0.2) is 0 Å². The van der Waals surface area contributed by atoms with Crippen LogP contribution in [0.15, 0.2) is 12.1 Å². The molecule has 4 N–H and O–H groups in total. The molecule has 1 aromatic carbocycles. The Morgan fingerprint density at radius 1 is 1.12 bits per heavy atom. The zero-order chi connectivity index (χ0) is 22.6. The van der Waals surface area contributed by atoms with E-state index in [2.05, 4.69) is 10.6 Å². The summed E-state index contributed by atoms with van der Waals surface area (Å²) in [5.41, 5.74) is 7.68. The summed E-state index contributed by atoms with van der Waals surface area (Å²) in [6, 6.07) is 3.00. The molecule has 4 heterocycles. The Morgan fingerprint density at radius 3 is 2.44 bits per heavy atom. The number of halogens is 1. The number of carbonyl (C=O) groups excluding carboxylic acids is 2. The van der Waals surface area contributed by atoms with Crippen molar-refractivity contribution in [3.63, 3.8) is 0 Å². The molecular formula is C21H28ClN5O4S. The molecule has 0 aromatic heterocycles. The van der Waals surface area contributed by atoms with Crippen LogP contribution in [-0.2, 0) is 21.4 Å². The van der Waals surface area contributed by atoms with Crippen LogP contribution in [0.2, 0.25) is 5.02 Å². The third-order valence-corrected chi connectivity index (χ3v) is 9.61. The van der Waals surface area contributed by atoms with Crippen molar-refractivity contribution in [1.82, 2.24) is 13.9 Å². The van der Waals surface area contributed by atoms with E-state index >= 15 is 0 Å². The highest BCUT2D eigenvalue weighted by atomic mass is 35.5. The van der Waals surface area contributed by atoms with E-state index in [4.69, 9.17) is 17.3 Å². The maximum atomic E-state index is 13.3. The number of hydrogen-bond donors (Lipinski definition) is 3. The SMILES string of the molecule is NC1CCN(S(=O)(=O)N2[C@@H]3CC[C@H]2C[C@H](NC(=O)c2cc4c(cc2Cl)NC(=O)C4)C3)CC1. The van der Waals surface area contributed by atoms with Crippen molar-refractivity contribution in [1.29, 1.82) is 0 Å². The lowest BCUT2D eigenvalue weighted by molar-refractivity contribution is -0.115. The van der Waals surface area contributed by atoms with Gasteiger partial charge >= 0.3 is 0 Å². The van der Waals surface area contributed by atoms with Gasteiger partial charge in [-0.3, -0.25) is 9.59 Å². The predicted molar refractivity (Wildman–Crippen MR) is 121 cm³/mol. The highest BCUT2D eigenvalue weighted by Gasteiger charge is 2.49. The zero-order valence-corrected chi connectivity index (χ0v) is 19.3. The fourth-order valence-corrected chi connectivity index (χ4v) is 7.88. The van der Waals surface area contributed by atoms with Gasteiger partial charge in [-0.1, -0.05) is 11.6 Å². The third-order valence-electron chi connectivity index (χ3n) is 7.16. The van der Waals surface area contributed by atoms with Crippen LogP contribution in [-0.4, -0.2) is 66.1 Å². The highest BCUT2D eigenvalue weighted by Crippen LogP contribution is 2.39. The second kappa shape index (κ2) is 8.25. The Hall–Kier alpha value is -1.72. The Kier molecular flexibility index (Phi) is 5.69. The number of amides is 2. The Balaban J connectivity index is 1.27. The third kappa shape index (κ3) is 3.92. The number of nitrogens with two attached hydrogens (primary N) is 1. The van der Waals surface area contributed by atoms with E-state index < -0.39 is 10.2 Å². The average Bonchev–Trinajstić information content (AvgIpc) is 3.23. The molecular weight excluding hydrogens is 454 g/mol. The Bertz CT molecular complexity index is 1040. The molecule has 0 spiro atoms. The Morgan fingerprint density at radius 2 is 1.78 bits per heavy atom. The summed E-state index contributed by atoms with van der Waals surface area (Å²) < 4.78 is 29.9. The summed E-state index contributed by atoms with van der Waals surface area (Å²) in [5.74, 6) is -0.405. The number of nitrogens with zero attached hydrogens (tertiary/aromatic N) is 2.